The molecule has 0 aliphatic rings. The number of benzene rings is 2. The highest BCUT2D eigenvalue weighted by atomic mass is 32.2. The van der Waals surface area contributed by atoms with Crippen molar-refractivity contribution in [2.75, 3.05) is 16.8 Å². The SMILES string of the molecule is Nc1nnc(SCC(=O)Nc2cc(-c3ccccc3)nn2-c2ccccc2)s1. The van der Waals surface area contributed by atoms with Crippen molar-refractivity contribution >= 4 is 40.0 Å². The summed E-state index contributed by atoms with van der Waals surface area (Å²) in [6.07, 6.45) is 0. The van der Waals surface area contributed by atoms with Gasteiger partial charge in [-0.25, -0.2) is 4.68 Å². The molecule has 0 radical (unpaired) electrons. The molecule has 7 nitrogen and oxygen atoms in total. The molecule has 0 aliphatic carbocycles. The Hall–Kier alpha value is -3.17. The van der Waals surface area contributed by atoms with Crippen LogP contribution in [0, 0.1) is 0 Å². The van der Waals surface area contributed by atoms with Crippen LogP contribution in [-0.2, 0) is 4.79 Å². The van der Waals surface area contributed by atoms with Crippen LogP contribution in [0.15, 0.2) is 71.1 Å². The second kappa shape index (κ2) is 8.24. The number of rotatable bonds is 6. The van der Waals surface area contributed by atoms with Crippen molar-refractivity contribution in [3.05, 3.63) is 66.7 Å². The van der Waals surface area contributed by atoms with Gasteiger partial charge in [0.15, 0.2) is 4.34 Å². The van der Waals surface area contributed by atoms with Crippen LogP contribution < -0.4 is 11.1 Å². The molecule has 0 fully saturated rings. The number of para-hydroxylation sites is 1. The average molecular weight is 409 g/mol. The number of nitrogens with one attached hydrogen (secondary N) is 1. The second-order valence-electron chi connectivity index (χ2n) is 5.77. The summed E-state index contributed by atoms with van der Waals surface area (Å²) >= 11 is 2.56. The van der Waals surface area contributed by atoms with Crippen LogP contribution in [0.4, 0.5) is 10.9 Å². The molecule has 4 rings (SSSR count). The molecule has 0 spiro atoms. The number of thioether (sulfide) groups is 1. The van der Waals surface area contributed by atoms with E-state index in [1.165, 1.54) is 23.1 Å². The molecule has 1 amide bonds. The van der Waals surface area contributed by atoms with E-state index < -0.39 is 0 Å². The normalized spacial score (nSPS) is 10.7. The van der Waals surface area contributed by atoms with E-state index in [-0.39, 0.29) is 11.7 Å². The first-order valence-electron chi connectivity index (χ1n) is 8.41. The lowest BCUT2D eigenvalue weighted by Gasteiger charge is -2.08. The maximum Gasteiger partial charge on any atom is 0.235 e. The summed E-state index contributed by atoms with van der Waals surface area (Å²) in [5, 5.41) is 15.7. The number of hydrogen-bond acceptors (Lipinski definition) is 7. The number of nitrogen functional groups attached to an aromatic ring is 1. The van der Waals surface area contributed by atoms with Gasteiger partial charge in [-0.05, 0) is 12.1 Å². The Bertz CT molecular complexity index is 1080. The molecule has 0 atom stereocenters. The largest absolute Gasteiger partial charge is 0.374 e. The van der Waals surface area contributed by atoms with E-state index in [0.29, 0.717) is 15.3 Å². The van der Waals surface area contributed by atoms with Crippen molar-refractivity contribution in [3.63, 3.8) is 0 Å². The van der Waals surface area contributed by atoms with Crippen molar-refractivity contribution in [3.8, 4) is 16.9 Å². The first-order chi connectivity index (χ1) is 13.7. The fourth-order valence-corrected chi connectivity index (χ4v) is 4.01. The molecule has 140 valence electrons. The molecule has 2 heterocycles. The lowest BCUT2D eigenvalue weighted by molar-refractivity contribution is -0.113. The quantitative estimate of drug-likeness (QED) is 0.472. The molecule has 2 aromatic heterocycles. The molecule has 3 N–H and O–H groups in total. The van der Waals surface area contributed by atoms with E-state index in [2.05, 4.69) is 20.6 Å². The van der Waals surface area contributed by atoms with Gasteiger partial charge in [-0.2, -0.15) is 5.10 Å². The molecule has 0 saturated carbocycles. The maximum absolute atomic E-state index is 12.5. The summed E-state index contributed by atoms with van der Waals surface area (Å²) in [6.45, 7) is 0. The van der Waals surface area contributed by atoms with Gasteiger partial charge in [-0.15, -0.1) is 10.2 Å². The molecular weight excluding hydrogens is 392 g/mol. The molecule has 4 aromatic rings. The highest BCUT2D eigenvalue weighted by molar-refractivity contribution is 8.01. The molecule has 0 saturated heterocycles. The third-order valence-electron chi connectivity index (χ3n) is 3.80. The summed E-state index contributed by atoms with van der Waals surface area (Å²) in [5.74, 6) is 0.651. The van der Waals surface area contributed by atoms with Crippen LogP contribution in [0.3, 0.4) is 0 Å². The van der Waals surface area contributed by atoms with Gasteiger partial charge in [0, 0.05) is 11.6 Å². The number of aromatic nitrogens is 4. The van der Waals surface area contributed by atoms with Gasteiger partial charge in [0.2, 0.25) is 11.0 Å². The van der Waals surface area contributed by atoms with Crippen molar-refractivity contribution in [1.29, 1.82) is 0 Å². The smallest absolute Gasteiger partial charge is 0.235 e. The molecule has 0 aliphatic heterocycles. The number of carbonyl (C=O) groups is 1. The molecule has 0 unspecified atom stereocenters. The molecular formula is C19H16N6OS2. The van der Waals surface area contributed by atoms with Gasteiger partial charge in [-0.1, -0.05) is 71.6 Å². The van der Waals surface area contributed by atoms with E-state index in [9.17, 15) is 4.79 Å². The van der Waals surface area contributed by atoms with Crippen molar-refractivity contribution in [1.82, 2.24) is 20.0 Å². The van der Waals surface area contributed by atoms with E-state index in [1.807, 2.05) is 66.7 Å². The van der Waals surface area contributed by atoms with Crippen molar-refractivity contribution in [2.24, 2.45) is 0 Å². The number of nitrogens with zero attached hydrogens (tertiary/aromatic N) is 4. The third-order valence-corrected chi connectivity index (χ3v) is 5.68. The zero-order chi connectivity index (χ0) is 19.3. The summed E-state index contributed by atoms with van der Waals surface area (Å²) < 4.78 is 2.39. The highest BCUT2D eigenvalue weighted by Gasteiger charge is 2.14. The summed E-state index contributed by atoms with van der Waals surface area (Å²) in [4.78, 5) is 12.5. The Kier molecular flexibility index (Phi) is 5.36. The van der Waals surface area contributed by atoms with Crippen LogP contribution in [0.1, 0.15) is 0 Å². The van der Waals surface area contributed by atoms with Gasteiger partial charge < -0.3 is 11.1 Å². The zero-order valence-electron chi connectivity index (χ0n) is 14.6. The average Bonchev–Trinajstić information content (AvgIpc) is 3.34. The van der Waals surface area contributed by atoms with Gasteiger partial charge in [-0.3, -0.25) is 4.79 Å². The second-order valence-corrected chi connectivity index (χ2v) is 8.00. The Morgan fingerprint density at radius 2 is 1.79 bits per heavy atom. The lowest BCUT2D eigenvalue weighted by Crippen LogP contribution is -2.16. The van der Waals surface area contributed by atoms with Crippen LogP contribution in [0.5, 0.6) is 0 Å². The van der Waals surface area contributed by atoms with Crippen LogP contribution in [-0.4, -0.2) is 31.6 Å². The minimum Gasteiger partial charge on any atom is -0.374 e. The minimum atomic E-state index is -0.157. The first-order valence-corrected chi connectivity index (χ1v) is 10.2. The Morgan fingerprint density at radius 3 is 2.46 bits per heavy atom. The number of amides is 1. The van der Waals surface area contributed by atoms with Crippen LogP contribution >= 0.6 is 23.1 Å². The van der Waals surface area contributed by atoms with E-state index in [4.69, 9.17) is 5.73 Å². The predicted octanol–water partition coefficient (Wildman–Crippen LogP) is 3.70. The highest BCUT2D eigenvalue weighted by Crippen LogP contribution is 2.26. The lowest BCUT2D eigenvalue weighted by atomic mass is 10.2. The summed E-state index contributed by atoms with van der Waals surface area (Å²) in [5.41, 5.74) is 8.20. The number of nitrogens with two attached hydrogens (primary N) is 1. The number of anilines is 2. The van der Waals surface area contributed by atoms with E-state index >= 15 is 0 Å². The third kappa shape index (κ3) is 4.21. The summed E-state index contributed by atoms with van der Waals surface area (Å²) in [7, 11) is 0. The van der Waals surface area contributed by atoms with Gasteiger partial charge in [0.1, 0.15) is 5.82 Å². The molecule has 9 heteroatoms. The Balaban J connectivity index is 1.57. The minimum absolute atomic E-state index is 0.157. The van der Waals surface area contributed by atoms with Gasteiger partial charge >= 0.3 is 0 Å². The van der Waals surface area contributed by atoms with Gasteiger partial charge in [0.05, 0.1) is 17.1 Å². The molecule has 28 heavy (non-hydrogen) atoms. The predicted molar refractivity (Wildman–Crippen MR) is 113 cm³/mol. The van der Waals surface area contributed by atoms with Gasteiger partial charge in [0.25, 0.3) is 0 Å². The zero-order valence-corrected chi connectivity index (χ0v) is 16.3. The molecule has 2 aromatic carbocycles. The van der Waals surface area contributed by atoms with Crippen LogP contribution in [0.25, 0.3) is 16.9 Å². The fraction of sp³-hybridized carbons (Fsp3) is 0.0526. The maximum atomic E-state index is 12.5. The van der Waals surface area contributed by atoms with Crippen molar-refractivity contribution in [2.45, 2.75) is 4.34 Å². The topological polar surface area (TPSA) is 98.7 Å². The summed E-state index contributed by atoms with van der Waals surface area (Å²) in [6, 6.07) is 21.4. The van der Waals surface area contributed by atoms with Crippen molar-refractivity contribution < 1.29 is 4.79 Å². The van der Waals surface area contributed by atoms with E-state index in [0.717, 1.165) is 16.9 Å². The standard InChI is InChI=1S/C19H16N6OS2/c20-18-22-23-19(28-18)27-12-17(26)21-16-11-15(13-7-3-1-4-8-13)24-25(16)14-9-5-2-6-10-14/h1-11H,12H2,(H2,20,22)(H,21,26). The Labute approximate surface area is 169 Å². The number of hydrogen-bond donors (Lipinski definition) is 2. The monoisotopic (exact) mass is 408 g/mol. The van der Waals surface area contributed by atoms with Crippen LogP contribution in [0.2, 0.25) is 0 Å². The fourth-order valence-electron chi connectivity index (χ4n) is 2.57. The Morgan fingerprint density at radius 1 is 1.07 bits per heavy atom. The van der Waals surface area contributed by atoms with E-state index in [1.54, 1.807) is 4.68 Å². The molecule has 0 bridgehead atoms. The number of carbonyl (C=O) groups excluding carboxylic acids is 1. The first kappa shape index (κ1) is 18.2.